The van der Waals surface area contributed by atoms with Crippen LogP contribution in [0.4, 0.5) is 5.69 Å². The molecule has 0 saturated carbocycles. The summed E-state index contributed by atoms with van der Waals surface area (Å²) in [5.74, 6) is -0.498. The lowest BCUT2D eigenvalue weighted by Gasteiger charge is -2.11. The molecule has 0 bridgehead atoms. The van der Waals surface area contributed by atoms with E-state index in [9.17, 15) is 9.59 Å². The Morgan fingerprint density at radius 1 is 1.03 bits per heavy atom. The lowest BCUT2D eigenvalue weighted by molar-refractivity contribution is -0.119. The van der Waals surface area contributed by atoms with Crippen LogP contribution in [0.15, 0.2) is 66.7 Å². The summed E-state index contributed by atoms with van der Waals surface area (Å²) in [7, 11) is 0. The summed E-state index contributed by atoms with van der Waals surface area (Å²) in [6, 6.07) is 19.8. The molecule has 0 fully saturated rings. The van der Waals surface area contributed by atoms with Crippen LogP contribution in [0, 0.1) is 6.92 Å². The van der Waals surface area contributed by atoms with Crippen LogP contribution in [-0.4, -0.2) is 28.5 Å². The van der Waals surface area contributed by atoms with E-state index in [1.54, 1.807) is 43.3 Å². The first-order valence-corrected chi connectivity index (χ1v) is 9.67. The Labute approximate surface area is 177 Å². The molecule has 2 N–H and O–H groups in total. The van der Waals surface area contributed by atoms with E-state index in [1.807, 2.05) is 30.3 Å². The first-order chi connectivity index (χ1) is 14.5. The van der Waals surface area contributed by atoms with Gasteiger partial charge in [0.2, 0.25) is 0 Å². The van der Waals surface area contributed by atoms with Crippen LogP contribution in [0.25, 0.3) is 22.4 Å². The third-order valence-corrected chi connectivity index (χ3v) is 5.08. The molecule has 7 heteroatoms. The number of esters is 1. The van der Waals surface area contributed by atoms with E-state index in [0.29, 0.717) is 27.7 Å². The van der Waals surface area contributed by atoms with Crippen LogP contribution in [0.2, 0.25) is 5.02 Å². The van der Waals surface area contributed by atoms with Gasteiger partial charge in [-0.3, -0.25) is 4.79 Å². The van der Waals surface area contributed by atoms with E-state index in [-0.39, 0.29) is 0 Å². The molecule has 0 saturated heterocycles. The molecule has 0 aliphatic carbocycles. The topological polar surface area (TPSA) is 84.1 Å². The Morgan fingerprint density at radius 2 is 1.80 bits per heavy atom. The molecule has 1 amide bonds. The first kappa shape index (κ1) is 19.7. The smallest absolute Gasteiger partial charge is 0.339 e. The third-order valence-electron chi connectivity index (χ3n) is 4.67. The summed E-state index contributed by atoms with van der Waals surface area (Å²) in [5, 5.41) is 3.25. The van der Waals surface area contributed by atoms with Crippen molar-refractivity contribution in [2.24, 2.45) is 0 Å². The number of ether oxygens (including phenoxy) is 1. The summed E-state index contributed by atoms with van der Waals surface area (Å²) >= 11 is 6.06. The molecule has 0 unspecified atom stereocenters. The summed E-state index contributed by atoms with van der Waals surface area (Å²) in [4.78, 5) is 32.6. The summed E-state index contributed by atoms with van der Waals surface area (Å²) < 4.78 is 5.24. The number of halogens is 1. The highest BCUT2D eigenvalue weighted by molar-refractivity contribution is 6.31. The number of fused-ring (bicyclic) bond motifs is 1. The van der Waals surface area contributed by atoms with Gasteiger partial charge in [-0.1, -0.05) is 48.0 Å². The average Bonchev–Trinajstić information content (AvgIpc) is 3.19. The van der Waals surface area contributed by atoms with E-state index < -0.39 is 18.5 Å². The predicted molar refractivity (Wildman–Crippen MR) is 117 cm³/mol. The zero-order valence-corrected chi connectivity index (χ0v) is 16.9. The molecule has 6 nitrogen and oxygen atoms in total. The number of H-pyrrole nitrogens is 1. The number of para-hydroxylation sites is 2. The van der Waals surface area contributed by atoms with Gasteiger partial charge in [0.15, 0.2) is 6.61 Å². The largest absolute Gasteiger partial charge is 0.452 e. The van der Waals surface area contributed by atoms with Crippen molar-refractivity contribution in [1.82, 2.24) is 9.97 Å². The lowest BCUT2D eigenvalue weighted by atomic mass is 10.1. The Bertz CT molecular complexity index is 1220. The third kappa shape index (κ3) is 4.04. The van der Waals surface area contributed by atoms with Gasteiger partial charge in [0, 0.05) is 16.3 Å². The number of imidazole rings is 1. The molecule has 0 radical (unpaired) electrons. The SMILES string of the molecule is Cc1c(Cl)cccc1NC(=O)COC(=O)c1ccccc1-c1nc2ccccc2[nH]1. The van der Waals surface area contributed by atoms with Gasteiger partial charge in [-0.15, -0.1) is 0 Å². The number of aromatic amines is 1. The Hall–Kier alpha value is -3.64. The van der Waals surface area contributed by atoms with Gasteiger partial charge in [0.25, 0.3) is 5.91 Å². The van der Waals surface area contributed by atoms with Gasteiger partial charge in [0.1, 0.15) is 5.82 Å². The van der Waals surface area contributed by atoms with Crippen molar-refractivity contribution in [2.75, 3.05) is 11.9 Å². The number of benzene rings is 3. The van der Waals surface area contributed by atoms with Crippen molar-refractivity contribution in [3.05, 3.63) is 82.9 Å². The normalized spacial score (nSPS) is 10.7. The maximum absolute atomic E-state index is 12.7. The van der Waals surface area contributed by atoms with Crippen molar-refractivity contribution in [3.8, 4) is 11.4 Å². The summed E-state index contributed by atoms with van der Waals surface area (Å²) in [6.45, 7) is 1.38. The number of rotatable bonds is 5. The van der Waals surface area contributed by atoms with E-state index in [4.69, 9.17) is 16.3 Å². The number of carbonyl (C=O) groups excluding carboxylic acids is 2. The van der Waals surface area contributed by atoms with E-state index in [2.05, 4.69) is 15.3 Å². The number of nitrogens with zero attached hydrogens (tertiary/aromatic N) is 1. The minimum absolute atomic E-state index is 0.322. The Balaban J connectivity index is 1.49. The van der Waals surface area contributed by atoms with Gasteiger partial charge in [0.05, 0.1) is 16.6 Å². The number of nitrogens with one attached hydrogen (secondary N) is 2. The van der Waals surface area contributed by atoms with Crippen molar-refractivity contribution >= 4 is 40.2 Å². The molecular weight excluding hydrogens is 402 g/mol. The average molecular weight is 420 g/mol. The molecule has 3 aromatic carbocycles. The number of hydrogen-bond acceptors (Lipinski definition) is 4. The molecule has 1 heterocycles. The quantitative estimate of drug-likeness (QED) is 0.446. The second-order valence-electron chi connectivity index (χ2n) is 6.68. The zero-order valence-electron chi connectivity index (χ0n) is 16.1. The summed E-state index contributed by atoms with van der Waals surface area (Å²) in [5.41, 5.74) is 3.91. The van der Waals surface area contributed by atoms with Crippen molar-refractivity contribution < 1.29 is 14.3 Å². The molecule has 30 heavy (non-hydrogen) atoms. The van der Waals surface area contributed by atoms with Gasteiger partial charge in [-0.25, -0.2) is 9.78 Å². The monoisotopic (exact) mass is 419 g/mol. The zero-order chi connectivity index (χ0) is 21.1. The van der Waals surface area contributed by atoms with Crippen LogP contribution < -0.4 is 5.32 Å². The number of carbonyl (C=O) groups is 2. The Morgan fingerprint density at radius 3 is 2.63 bits per heavy atom. The van der Waals surface area contributed by atoms with Crippen LogP contribution in [0.5, 0.6) is 0 Å². The maximum Gasteiger partial charge on any atom is 0.339 e. The molecule has 150 valence electrons. The molecule has 4 rings (SSSR count). The fourth-order valence-corrected chi connectivity index (χ4v) is 3.26. The molecular formula is C23H18ClN3O3. The highest BCUT2D eigenvalue weighted by Gasteiger charge is 2.18. The van der Waals surface area contributed by atoms with Gasteiger partial charge in [-0.05, 0) is 42.8 Å². The highest BCUT2D eigenvalue weighted by atomic mass is 35.5. The van der Waals surface area contributed by atoms with E-state index >= 15 is 0 Å². The van der Waals surface area contributed by atoms with Crippen LogP contribution in [-0.2, 0) is 9.53 Å². The molecule has 0 aliphatic rings. The number of aromatic nitrogens is 2. The van der Waals surface area contributed by atoms with E-state index in [1.165, 1.54) is 0 Å². The van der Waals surface area contributed by atoms with Crippen molar-refractivity contribution in [2.45, 2.75) is 6.92 Å². The maximum atomic E-state index is 12.7. The molecule has 4 aromatic rings. The van der Waals surface area contributed by atoms with Crippen molar-refractivity contribution in [1.29, 1.82) is 0 Å². The predicted octanol–water partition coefficient (Wildman–Crippen LogP) is 4.99. The van der Waals surface area contributed by atoms with Gasteiger partial charge >= 0.3 is 5.97 Å². The summed E-state index contributed by atoms with van der Waals surface area (Å²) in [6.07, 6.45) is 0. The number of hydrogen-bond donors (Lipinski definition) is 2. The number of anilines is 1. The highest BCUT2D eigenvalue weighted by Crippen LogP contribution is 2.25. The molecule has 0 spiro atoms. The fourth-order valence-electron chi connectivity index (χ4n) is 3.09. The molecule has 0 atom stereocenters. The fraction of sp³-hybridized carbons (Fsp3) is 0.0870. The van der Waals surface area contributed by atoms with E-state index in [0.717, 1.165) is 16.6 Å². The van der Waals surface area contributed by atoms with Crippen molar-refractivity contribution in [3.63, 3.8) is 0 Å². The van der Waals surface area contributed by atoms with Crippen LogP contribution in [0.1, 0.15) is 15.9 Å². The standard InChI is InChI=1S/C23H18ClN3O3/c1-14-17(24)9-6-12-18(14)25-21(28)13-30-23(29)16-8-3-2-7-15(16)22-26-19-10-4-5-11-20(19)27-22/h2-12H,13H2,1H3,(H,25,28)(H,26,27). The Kier molecular flexibility index (Phi) is 5.50. The second kappa shape index (κ2) is 8.39. The van der Waals surface area contributed by atoms with Crippen LogP contribution in [0.3, 0.4) is 0 Å². The van der Waals surface area contributed by atoms with Gasteiger partial charge in [-0.2, -0.15) is 0 Å². The minimum atomic E-state index is -0.607. The van der Waals surface area contributed by atoms with Crippen LogP contribution >= 0.6 is 11.6 Å². The molecule has 1 aromatic heterocycles. The minimum Gasteiger partial charge on any atom is -0.452 e. The molecule has 0 aliphatic heterocycles. The van der Waals surface area contributed by atoms with Gasteiger partial charge < -0.3 is 15.0 Å². The second-order valence-corrected chi connectivity index (χ2v) is 7.09. The first-order valence-electron chi connectivity index (χ1n) is 9.29. The lowest BCUT2D eigenvalue weighted by Crippen LogP contribution is -2.21. The number of amides is 1.